The molecule has 0 spiro atoms. The molecule has 0 aliphatic carbocycles. The Labute approximate surface area is 104 Å². The van der Waals surface area contributed by atoms with Crippen molar-refractivity contribution in [3.63, 3.8) is 0 Å². The van der Waals surface area contributed by atoms with Gasteiger partial charge in [-0.3, -0.25) is 0 Å². The maximum absolute atomic E-state index is 11.0. The second-order valence-corrected chi connectivity index (χ2v) is 4.26. The molecule has 0 aromatic carbocycles. The Kier molecular flexibility index (Phi) is 4.59. The summed E-state index contributed by atoms with van der Waals surface area (Å²) in [4.78, 5) is 29.0. The lowest BCUT2D eigenvalue weighted by Gasteiger charge is -2.16. The summed E-state index contributed by atoms with van der Waals surface area (Å²) in [5.41, 5.74) is -0.184. The Balaban J connectivity index is 2.75. The Morgan fingerprint density at radius 1 is 1.28 bits per heavy atom. The third-order valence-corrected chi connectivity index (χ3v) is 2.20. The summed E-state index contributed by atoms with van der Waals surface area (Å²) in [6, 6.07) is -0.769. The van der Waals surface area contributed by atoms with Gasteiger partial charge in [0.05, 0.1) is 12.4 Å². The lowest BCUT2D eigenvalue weighted by Crippen LogP contribution is -2.31. The van der Waals surface area contributed by atoms with Crippen LogP contribution in [-0.2, 0) is 4.79 Å². The van der Waals surface area contributed by atoms with E-state index < -0.39 is 18.0 Å². The van der Waals surface area contributed by atoms with Crippen LogP contribution in [0.15, 0.2) is 12.4 Å². The Morgan fingerprint density at radius 2 is 1.94 bits per heavy atom. The minimum absolute atomic E-state index is 0.184. The van der Waals surface area contributed by atoms with E-state index in [9.17, 15) is 9.59 Å². The lowest BCUT2D eigenvalue weighted by molar-refractivity contribution is -0.138. The summed E-state index contributed by atoms with van der Waals surface area (Å²) in [5.74, 6) is -1.70. The van der Waals surface area contributed by atoms with Crippen LogP contribution >= 0.6 is 0 Å². The first-order chi connectivity index (χ1) is 8.40. The Morgan fingerprint density at radius 3 is 2.33 bits per heavy atom. The zero-order valence-electron chi connectivity index (χ0n) is 10.1. The van der Waals surface area contributed by atoms with Crippen LogP contribution in [0.25, 0.3) is 0 Å². The lowest BCUT2D eigenvalue weighted by atomic mass is 10.0. The second kappa shape index (κ2) is 5.95. The molecule has 7 nitrogen and oxygen atoms in total. The molecule has 0 saturated carbocycles. The Bertz CT molecular complexity index is 430. The van der Waals surface area contributed by atoms with Gasteiger partial charge in [-0.1, -0.05) is 13.8 Å². The first-order valence-electron chi connectivity index (χ1n) is 5.44. The normalized spacial score (nSPS) is 12.2. The van der Waals surface area contributed by atoms with Crippen LogP contribution in [0.4, 0.5) is 5.82 Å². The number of nitrogens with zero attached hydrogens (tertiary/aromatic N) is 2. The quantitative estimate of drug-likeness (QED) is 0.695. The number of aromatic nitrogens is 2. The van der Waals surface area contributed by atoms with Gasteiger partial charge in [0.2, 0.25) is 0 Å². The van der Waals surface area contributed by atoms with Crippen molar-refractivity contribution in [3.05, 3.63) is 18.1 Å². The van der Waals surface area contributed by atoms with Gasteiger partial charge in [-0.25, -0.2) is 19.6 Å². The molecule has 1 aromatic heterocycles. The molecule has 1 heterocycles. The molecule has 0 fully saturated rings. The number of rotatable bonds is 6. The van der Waals surface area contributed by atoms with Gasteiger partial charge in [0.15, 0.2) is 5.69 Å². The highest BCUT2D eigenvalue weighted by Gasteiger charge is 2.19. The third kappa shape index (κ3) is 4.00. The summed E-state index contributed by atoms with van der Waals surface area (Å²) in [6.07, 6.45) is 2.73. The van der Waals surface area contributed by atoms with Crippen LogP contribution < -0.4 is 5.32 Å². The van der Waals surface area contributed by atoms with Crippen molar-refractivity contribution >= 4 is 17.8 Å². The van der Waals surface area contributed by atoms with Crippen molar-refractivity contribution in [2.24, 2.45) is 5.92 Å². The average Bonchev–Trinajstić information content (AvgIpc) is 2.28. The summed E-state index contributed by atoms with van der Waals surface area (Å²) >= 11 is 0. The molecule has 98 valence electrons. The van der Waals surface area contributed by atoms with Gasteiger partial charge in [-0.05, 0) is 12.3 Å². The molecule has 3 N–H and O–H groups in total. The molecule has 1 rings (SSSR count). The number of carboxylic acids is 2. The van der Waals surface area contributed by atoms with E-state index in [1.54, 1.807) is 0 Å². The maximum atomic E-state index is 11.0. The van der Waals surface area contributed by atoms with Crippen LogP contribution in [0.3, 0.4) is 0 Å². The van der Waals surface area contributed by atoms with E-state index in [4.69, 9.17) is 10.2 Å². The number of carboxylic acid groups (broad SMARTS) is 2. The molecule has 0 unspecified atom stereocenters. The Hall–Kier alpha value is -2.18. The maximum Gasteiger partial charge on any atom is 0.356 e. The monoisotopic (exact) mass is 253 g/mol. The van der Waals surface area contributed by atoms with Crippen LogP contribution in [0.5, 0.6) is 0 Å². The summed E-state index contributed by atoms with van der Waals surface area (Å²) < 4.78 is 0. The van der Waals surface area contributed by atoms with Crippen molar-refractivity contribution in [2.75, 3.05) is 5.32 Å². The van der Waals surface area contributed by atoms with E-state index in [0.29, 0.717) is 6.42 Å². The molecule has 18 heavy (non-hydrogen) atoms. The van der Waals surface area contributed by atoms with Gasteiger partial charge in [0.25, 0.3) is 0 Å². The predicted octanol–water partition coefficient (Wildman–Crippen LogP) is 1.09. The number of aliphatic carboxylic acids is 1. The standard InChI is InChI=1S/C11H15N3O4/c1-6(2)3-7(10(15)16)14-9-5-12-8(4-13-9)11(17)18/h4-7H,3H2,1-2H3,(H,13,14)(H,15,16)(H,17,18)/t7-/m0/s1. The summed E-state index contributed by atoms with van der Waals surface area (Å²) in [6.45, 7) is 3.83. The smallest absolute Gasteiger partial charge is 0.356 e. The molecule has 0 aliphatic rings. The minimum atomic E-state index is -1.17. The fourth-order valence-corrected chi connectivity index (χ4v) is 1.38. The largest absolute Gasteiger partial charge is 0.480 e. The zero-order valence-corrected chi connectivity index (χ0v) is 10.1. The van der Waals surface area contributed by atoms with Crippen molar-refractivity contribution < 1.29 is 19.8 Å². The number of anilines is 1. The van der Waals surface area contributed by atoms with Gasteiger partial charge >= 0.3 is 11.9 Å². The van der Waals surface area contributed by atoms with Crippen LogP contribution in [-0.4, -0.2) is 38.2 Å². The van der Waals surface area contributed by atoms with E-state index >= 15 is 0 Å². The highest BCUT2D eigenvalue weighted by Crippen LogP contribution is 2.10. The molecule has 1 atom stereocenters. The average molecular weight is 253 g/mol. The van der Waals surface area contributed by atoms with Crippen molar-refractivity contribution in [1.29, 1.82) is 0 Å². The fraction of sp³-hybridized carbons (Fsp3) is 0.455. The molecule has 0 amide bonds. The molecule has 0 bridgehead atoms. The number of aromatic carboxylic acids is 1. The highest BCUT2D eigenvalue weighted by atomic mass is 16.4. The molecule has 0 radical (unpaired) electrons. The van der Waals surface area contributed by atoms with Gasteiger partial charge in [-0.15, -0.1) is 0 Å². The number of carbonyl (C=O) groups is 2. The minimum Gasteiger partial charge on any atom is -0.480 e. The number of nitrogens with one attached hydrogen (secondary N) is 1. The van der Waals surface area contributed by atoms with E-state index in [2.05, 4.69) is 15.3 Å². The van der Waals surface area contributed by atoms with E-state index in [1.807, 2.05) is 13.8 Å². The molecular weight excluding hydrogens is 238 g/mol. The number of hydrogen-bond acceptors (Lipinski definition) is 5. The van der Waals surface area contributed by atoms with Gasteiger partial charge < -0.3 is 15.5 Å². The van der Waals surface area contributed by atoms with E-state index in [-0.39, 0.29) is 17.4 Å². The van der Waals surface area contributed by atoms with Crippen molar-refractivity contribution in [2.45, 2.75) is 26.3 Å². The summed E-state index contributed by atoms with van der Waals surface area (Å²) in [7, 11) is 0. The fourth-order valence-electron chi connectivity index (χ4n) is 1.38. The van der Waals surface area contributed by atoms with E-state index in [0.717, 1.165) is 6.20 Å². The van der Waals surface area contributed by atoms with Crippen LogP contribution in [0, 0.1) is 5.92 Å². The van der Waals surface area contributed by atoms with Crippen molar-refractivity contribution in [1.82, 2.24) is 9.97 Å². The molecule has 7 heteroatoms. The van der Waals surface area contributed by atoms with Gasteiger partial charge in [0.1, 0.15) is 11.9 Å². The van der Waals surface area contributed by atoms with E-state index in [1.165, 1.54) is 6.20 Å². The molecule has 0 aliphatic heterocycles. The predicted molar refractivity (Wildman–Crippen MR) is 63.5 cm³/mol. The SMILES string of the molecule is CC(C)C[C@H](Nc1cnc(C(=O)O)cn1)C(=O)O. The third-order valence-electron chi connectivity index (χ3n) is 2.20. The highest BCUT2D eigenvalue weighted by molar-refractivity contribution is 5.85. The van der Waals surface area contributed by atoms with Crippen LogP contribution in [0.1, 0.15) is 30.8 Å². The van der Waals surface area contributed by atoms with Gasteiger partial charge in [-0.2, -0.15) is 0 Å². The topological polar surface area (TPSA) is 112 Å². The molecule has 1 aromatic rings. The first-order valence-corrected chi connectivity index (χ1v) is 5.44. The molecular formula is C11H15N3O4. The van der Waals surface area contributed by atoms with Crippen LogP contribution in [0.2, 0.25) is 0 Å². The van der Waals surface area contributed by atoms with Crippen molar-refractivity contribution in [3.8, 4) is 0 Å². The zero-order chi connectivity index (χ0) is 13.7. The summed E-state index contributed by atoms with van der Waals surface area (Å²) in [5, 5.41) is 20.4. The first kappa shape index (κ1) is 13.9. The van der Waals surface area contributed by atoms with Gasteiger partial charge in [0, 0.05) is 0 Å². The molecule has 0 saturated heterocycles. The number of hydrogen-bond donors (Lipinski definition) is 3. The second-order valence-electron chi connectivity index (χ2n) is 4.26.